The topological polar surface area (TPSA) is 12.4 Å². The van der Waals surface area contributed by atoms with Gasteiger partial charge in [-0.3, -0.25) is 4.99 Å². The second-order valence-electron chi connectivity index (χ2n) is 7.55. The van der Waals surface area contributed by atoms with Gasteiger partial charge in [-0.2, -0.15) is 0 Å². The summed E-state index contributed by atoms with van der Waals surface area (Å²) in [6.07, 6.45) is 9.75. The van der Waals surface area contributed by atoms with Crippen LogP contribution in [0.15, 0.2) is 76.9 Å². The van der Waals surface area contributed by atoms with E-state index in [1.807, 2.05) is 32.0 Å². The van der Waals surface area contributed by atoms with Gasteiger partial charge >= 0.3 is 0 Å². The summed E-state index contributed by atoms with van der Waals surface area (Å²) in [6, 6.07) is 8.12. The van der Waals surface area contributed by atoms with Crippen LogP contribution in [0.1, 0.15) is 67.2 Å². The molecule has 0 aliphatic carbocycles. The Balaban J connectivity index is 0.00000113. The van der Waals surface area contributed by atoms with Crippen molar-refractivity contribution in [2.45, 2.75) is 67.2 Å². The maximum atomic E-state index is 4.27. The quantitative estimate of drug-likeness (QED) is 0.258. The van der Waals surface area contributed by atoms with E-state index in [-0.39, 0.29) is 0 Å². The summed E-state index contributed by atoms with van der Waals surface area (Å²) in [5.41, 5.74) is 6.31. The van der Waals surface area contributed by atoms with Gasteiger partial charge in [-0.1, -0.05) is 101 Å². The van der Waals surface area contributed by atoms with Crippen LogP contribution in [0.4, 0.5) is 0 Å². The molecule has 0 unspecified atom stereocenters. The molecule has 0 spiro atoms. The molecular weight excluding hydrogens is 350 g/mol. The zero-order chi connectivity index (χ0) is 22.4. The zero-order valence-corrected chi connectivity index (χ0v) is 19.9. The van der Waals surface area contributed by atoms with Gasteiger partial charge in [-0.25, -0.2) is 0 Å². The van der Waals surface area contributed by atoms with Crippen LogP contribution < -0.4 is 10.4 Å². The van der Waals surface area contributed by atoms with E-state index in [9.17, 15) is 0 Å². The Kier molecular flexibility index (Phi) is 13.4. The zero-order valence-electron chi connectivity index (χ0n) is 19.9. The number of nitrogens with zero attached hydrogens (tertiary/aromatic N) is 1. The minimum Gasteiger partial charge on any atom is -0.293 e. The summed E-state index contributed by atoms with van der Waals surface area (Å²) in [4.78, 5) is 4.24. The highest BCUT2D eigenvalue weighted by atomic mass is 14.7. The monoisotopic (exact) mass is 391 g/mol. The first-order valence-electron chi connectivity index (χ1n) is 10.6. The Bertz CT molecular complexity index is 871. The van der Waals surface area contributed by atoms with Crippen LogP contribution in [0.2, 0.25) is 0 Å². The second kappa shape index (κ2) is 14.6. The highest BCUT2D eigenvalue weighted by Crippen LogP contribution is 2.18. The van der Waals surface area contributed by atoms with Crippen LogP contribution in [-0.4, -0.2) is 12.8 Å². The summed E-state index contributed by atoms with van der Waals surface area (Å²) in [7, 11) is 1.80. The molecule has 0 N–H and O–H groups in total. The molecule has 0 aliphatic heterocycles. The average Bonchev–Trinajstić information content (AvgIpc) is 2.70. The lowest BCUT2D eigenvalue weighted by atomic mass is 9.97. The van der Waals surface area contributed by atoms with Gasteiger partial charge in [0, 0.05) is 12.8 Å². The van der Waals surface area contributed by atoms with Crippen molar-refractivity contribution >= 4 is 17.9 Å². The van der Waals surface area contributed by atoms with Crippen LogP contribution in [-0.2, 0) is 0 Å². The van der Waals surface area contributed by atoms with E-state index in [0.717, 1.165) is 44.0 Å². The number of unbranched alkanes of at least 4 members (excludes halogenated alkanes) is 3. The van der Waals surface area contributed by atoms with Crippen LogP contribution >= 0.6 is 0 Å². The normalized spacial score (nSPS) is 13.4. The van der Waals surface area contributed by atoms with Crippen molar-refractivity contribution in [3.8, 4) is 0 Å². The van der Waals surface area contributed by atoms with Gasteiger partial charge < -0.3 is 0 Å². The molecule has 1 aromatic carbocycles. The van der Waals surface area contributed by atoms with Gasteiger partial charge in [-0.05, 0) is 60.4 Å². The van der Waals surface area contributed by atoms with Gasteiger partial charge in [-0.15, -0.1) is 0 Å². The third-order valence-electron chi connectivity index (χ3n) is 4.94. The lowest BCUT2D eigenvalue weighted by molar-refractivity contribution is 0.702. The van der Waals surface area contributed by atoms with Crippen molar-refractivity contribution in [2.24, 2.45) is 4.99 Å². The molecule has 0 fully saturated rings. The standard InChI is InChI=1S/C22H27N.C6H14/c1-15(2)17(4)14-22(21-12-10-9-11-16(21)3)19(6)13-18(5)20(7)23-8;1-3-5-6-4-2/h9-14H,1,3,6H2,2,4-5,7-8H3;3-6H2,1-2H3/b17-14+,18-13-,22-21+,23-20?;. The van der Waals surface area contributed by atoms with E-state index >= 15 is 0 Å². The first kappa shape index (κ1) is 26.6. The summed E-state index contributed by atoms with van der Waals surface area (Å²) >= 11 is 0. The van der Waals surface area contributed by atoms with Gasteiger partial charge in [0.1, 0.15) is 0 Å². The molecule has 0 radical (unpaired) electrons. The van der Waals surface area contributed by atoms with E-state index < -0.39 is 0 Å². The van der Waals surface area contributed by atoms with E-state index in [0.29, 0.717) is 0 Å². The summed E-state index contributed by atoms with van der Waals surface area (Å²) in [6.45, 7) is 25.0. The van der Waals surface area contributed by atoms with Gasteiger partial charge in [0.05, 0.1) is 0 Å². The Morgan fingerprint density at radius 3 is 1.90 bits per heavy atom. The Morgan fingerprint density at radius 1 is 0.897 bits per heavy atom. The second-order valence-corrected chi connectivity index (χ2v) is 7.55. The molecular formula is C28H41N. The SMILES string of the molecule is C=C(C)/C(C)=C/C(C(=C)/C=C(/C)C(C)=NC)=c1/ccccc1=C.CCCCCC. The minimum absolute atomic E-state index is 0.946. The molecule has 0 amide bonds. The average molecular weight is 392 g/mol. The summed E-state index contributed by atoms with van der Waals surface area (Å²) in [5, 5.41) is 2.08. The number of hydrogen-bond acceptors (Lipinski definition) is 1. The molecule has 0 aromatic heterocycles. The number of allylic oxidation sites excluding steroid dienone is 6. The highest BCUT2D eigenvalue weighted by molar-refractivity contribution is 5.98. The Hall–Kier alpha value is -2.41. The number of hydrogen-bond donors (Lipinski definition) is 0. The molecule has 0 bridgehead atoms. The third kappa shape index (κ3) is 10.1. The molecule has 0 atom stereocenters. The molecule has 0 aliphatic rings. The van der Waals surface area contributed by atoms with E-state index in [1.54, 1.807) is 7.05 Å². The van der Waals surface area contributed by atoms with Crippen LogP contribution in [0, 0.1) is 0 Å². The molecule has 29 heavy (non-hydrogen) atoms. The van der Waals surface area contributed by atoms with Crippen LogP contribution in [0.5, 0.6) is 0 Å². The van der Waals surface area contributed by atoms with E-state index in [1.165, 1.54) is 25.7 Å². The molecule has 1 aromatic rings. The van der Waals surface area contributed by atoms with Crippen molar-refractivity contribution < 1.29 is 0 Å². The van der Waals surface area contributed by atoms with Crippen molar-refractivity contribution in [2.75, 3.05) is 7.05 Å². The lowest BCUT2D eigenvalue weighted by Crippen LogP contribution is -2.25. The highest BCUT2D eigenvalue weighted by Gasteiger charge is 2.03. The fourth-order valence-electron chi connectivity index (χ4n) is 2.59. The maximum Gasteiger partial charge on any atom is 0.0343 e. The maximum absolute atomic E-state index is 4.27. The van der Waals surface area contributed by atoms with Gasteiger partial charge in [0.25, 0.3) is 0 Å². The Morgan fingerprint density at radius 2 is 1.45 bits per heavy atom. The first-order chi connectivity index (χ1) is 13.7. The van der Waals surface area contributed by atoms with E-state index in [2.05, 4.69) is 70.6 Å². The van der Waals surface area contributed by atoms with Crippen molar-refractivity contribution in [3.05, 3.63) is 82.3 Å². The molecule has 0 heterocycles. The largest absolute Gasteiger partial charge is 0.293 e. The molecule has 0 saturated carbocycles. The van der Waals surface area contributed by atoms with E-state index in [4.69, 9.17) is 0 Å². The van der Waals surface area contributed by atoms with Crippen molar-refractivity contribution in [1.29, 1.82) is 0 Å². The summed E-state index contributed by atoms with van der Waals surface area (Å²) < 4.78 is 0. The predicted molar refractivity (Wildman–Crippen MR) is 135 cm³/mol. The minimum atomic E-state index is 0.946. The van der Waals surface area contributed by atoms with Crippen molar-refractivity contribution in [1.82, 2.24) is 0 Å². The smallest absolute Gasteiger partial charge is 0.0343 e. The summed E-state index contributed by atoms with van der Waals surface area (Å²) in [5.74, 6) is 0. The van der Waals surface area contributed by atoms with Crippen LogP contribution in [0.25, 0.3) is 12.2 Å². The number of benzene rings is 1. The molecule has 0 saturated heterocycles. The first-order valence-corrected chi connectivity index (χ1v) is 10.6. The fourth-order valence-corrected chi connectivity index (χ4v) is 2.59. The van der Waals surface area contributed by atoms with Crippen LogP contribution in [0.3, 0.4) is 0 Å². The molecule has 1 nitrogen and oxygen atoms in total. The van der Waals surface area contributed by atoms with Gasteiger partial charge in [0.15, 0.2) is 0 Å². The fraction of sp³-hybridized carbons (Fsp3) is 0.393. The number of rotatable bonds is 8. The third-order valence-corrected chi connectivity index (χ3v) is 4.94. The Labute approximate surface area is 179 Å². The number of aliphatic imine (C=N–C) groups is 1. The molecule has 1 heteroatoms. The predicted octanol–water partition coefficient (Wildman–Crippen LogP) is 6.95. The lowest BCUT2D eigenvalue weighted by Gasteiger charge is -2.08. The molecule has 1 rings (SSSR count). The molecule has 158 valence electrons. The van der Waals surface area contributed by atoms with Gasteiger partial charge in [0.2, 0.25) is 0 Å². The van der Waals surface area contributed by atoms with Crippen molar-refractivity contribution in [3.63, 3.8) is 0 Å².